The van der Waals surface area contributed by atoms with Gasteiger partial charge in [-0.25, -0.2) is 0 Å². The molecule has 18 heavy (non-hydrogen) atoms. The van der Waals surface area contributed by atoms with Gasteiger partial charge >= 0.3 is 0 Å². The lowest BCUT2D eigenvalue weighted by Crippen LogP contribution is -2.02. The summed E-state index contributed by atoms with van der Waals surface area (Å²) in [4.78, 5) is 0. The molecule has 0 amide bonds. The van der Waals surface area contributed by atoms with E-state index in [-0.39, 0.29) is 0 Å². The molecule has 0 spiro atoms. The summed E-state index contributed by atoms with van der Waals surface area (Å²) >= 11 is 0. The summed E-state index contributed by atoms with van der Waals surface area (Å²) in [5, 5.41) is 10.5. The van der Waals surface area contributed by atoms with Gasteiger partial charge in [0.05, 0.1) is 0 Å². The number of rotatable bonds is 2. The monoisotopic (exact) mass is 238 g/mol. The average molecular weight is 238 g/mol. The van der Waals surface area contributed by atoms with Crippen LogP contribution in [0.5, 0.6) is 0 Å². The van der Waals surface area contributed by atoms with Gasteiger partial charge in [0.25, 0.3) is 0 Å². The van der Waals surface area contributed by atoms with E-state index in [4.69, 9.17) is 0 Å². The van der Waals surface area contributed by atoms with Gasteiger partial charge in [-0.1, -0.05) is 42.5 Å². The minimum absolute atomic E-state index is 0.503. The molecule has 0 heterocycles. The highest BCUT2D eigenvalue weighted by atomic mass is 16.3. The van der Waals surface area contributed by atoms with Gasteiger partial charge in [0, 0.05) is 0 Å². The zero-order valence-corrected chi connectivity index (χ0v) is 10.7. The summed E-state index contributed by atoms with van der Waals surface area (Å²) in [6, 6.07) is 14.5. The summed E-state index contributed by atoms with van der Waals surface area (Å²) in [6.07, 6.45) is 3.09. The SMILES string of the molecule is Cc1ccccc1C(O)c1ccc2c(c1)CCC2. The molecule has 1 unspecified atom stereocenters. The summed E-state index contributed by atoms with van der Waals surface area (Å²) in [5.41, 5.74) is 6.04. The minimum atomic E-state index is -0.503. The number of hydrogen-bond acceptors (Lipinski definition) is 1. The Labute approximate surface area is 108 Å². The first-order valence-corrected chi connectivity index (χ1v) is 6.61. The van der Waals surface area contributed by atoms with Gasteiger partial charge in [0.1, 0.15) is 6.10 Å². The van der Waals surface area contributed by atoms with Crippen LogP contribution in [0.25, 0.3) is 0 Å². The highest BCUT2D eigenvalue weighted by molar-refractivity contribution is 5.40. The van der Waals surface area contributed by atoms with Gasteiger partial charge in [-0.15, -0.1) is 0 Å². The quantitative estimate of drug-likeness (QED) is 0.848. The highest BCUT2D eigenvalue weighted by Crippen LogP contribution is 2.29. The van der Waals surface area contributed by atoms with E-state index >= 15 is 0 Å². The maximum absolute atomic E-state index is 10.5. The summed E-state index contributed by atoms with van der Waals surface area (Å²) in [6.45, 7) is 2.05. The van der Waals surface area contributed by atoms with Crippen LogP contribution in [0.1, 0.15) is 40.3 Å². The lowest BCUT2D eigenvalue weighted by Gasteiger charge is -2.15. The Balaban J connectivity index is 1.98. The molecule has 92 valence electrons. The van der Waals surface area contributed by atoms with Crippen molar-refractivity contribution in [2.75, 3.05) is 0 Å². The van der Waals surface area contributed by atoms with Crippen LogP contribution >= 0.6 is 0 Å². The van der Waals surface area contributed by atoms with Crippen molar-refractivity contribution in [2.45, 2.75) is 32.3 Å². The van der Waals surface area contributed by atoms with E-state index in [2.05, 4.69) is 18.2 Å². The summed E-state index contributed by atoms with van der Waals surface area (Å²) < 4.78 is 0. The number of aryl methyl sites for hydroxylation is 3. The van der Waals surface area contributed by atoms with Gasteiger partial charge in [0.2, 0.25) is 0 Å². The lowest BCUT2D eigenvalue weighted by atomic mass is 9.95. The normalized spacial score (nSPS) is 15.4. The molecular formula is C17H18O. The molecule has 0 saturated carbocycles. The van der Waals surface area contributed by atoms with E-state index < -0.39 is 6.10 Å². The molecule has 0 aromatic heterocycles. The van der Waals surface area contributed by atoms with Gasteiger partial charge in [-0.05, 0) is 54.0 Å². The first-order chi connectivity index (χ1) is 8.75. The van der Waals surface area contributed by atoms with Crippen molar-refractivity contribution in [3.05, 3.63) is 70.3 Å². The van der Waals surface area contributed by atoms with E-state index in [1.165, 1.54) is 24.0 Å². The number of aliphatic hydroxyl groups excluding tert-OH is 1. The standard InChI is InChI=1S/C17H18O/c1-12-5-2-3-8-16(12)17(18)15-10-9-13-6-4-7-14(13)11-15/h2-3,5,8-11,17-18H,4,6-7H2,1H3. The molecule has 0 bridgehead atoms. The van der Waals surface area contributed by atoms with Crippen molar-refractivity contribution in [2.24, 2.45) is 0 Å². The van der Waals surface area contributed by atoms with Crippen molar-refractivity contribution in [1.82, 2.24) is 0 Å². The molecule has 0 fully saturated rings. The zero-order valence-electron chi connectivity index (χ0n) is 10.7. The predicted octanol–water partition coefficient (Wildman–Crippen LogP) is 3.57. The second kappa shape index (κ2) is 4.58. The predicted molar refractivity (Wildman–Crippen MR) is 73.7 cm³/mol. The van der Waals surface area contributed by atoms with Gasteiger partial charge < -0.3 is 5.11 Å². The molecule has 1 aliphatic carbocycles. The van der Waals surface area contributed by atoms with Crippen LogP contribution in [-0.4, -0.2) is 5.11 Å². The second-order valence-electron chi connectivity index (χ2n) is 5.14. The number of hydrogen-bond donors (Lipinski definition) is 1. The van der Waals surface area contributed by atoms with Crippen LogP contribution < -0.4 is 0 Å². The largest absolute Gasteiger partial charge is 0.384 e. The molecule has 3 rings (SSSR count). The molecule has 2 aromatic carbocycles. The molecule has 1 atom stereocenters. The highest BCUT2D eigenvalue weighted by Gasteiger charge is 2.16. The Hall–Kier alpha value is -1.60. The van der Waals surface area contributed by atoms with Crippen molar-refractivity contribution in [3.8, 4) is 0 Å². The first-order valence-electron chi connectivity index (χ1n) is 6.61. The van der Waals surface area contributed by atoms with Crippen LogP contribution in [0, 0.1) is 6.92 Å². The molecular weight excluding hydrogens is 220 g/mol. The first kappa shape index (κ1) is 11.5. The fourth-order valence-electron chi connectivity index (χ4n) is 2.83. The fourth-order valence-corrected chi connectivity index (χ4v) is 2.83. The van der Waals surface area contributed by atoms with Crippen LogP contribution in [0.4, 0.5) is 0 Å². The Morgan fingerprint density at radius 3 is 2.61 bits per heavy atom. The molecule has 0 aliphatic heterocycles. The van der Waals surface area contributed by atoms with Gasteiger partial charge in [0.15, 0.2) is 0 Å². The van der Waals surface area contributed by atoms with Crippen molar-refractivity contribution in [1.29, 1.82) is 0 Å². The Kier molecular flexibility index (Phi) is 2.92. The maximum atomic E-state index is 10.5. The van der Waals surface area contributed by atoms with Crippen molar-refractivity contribution in [3.63, 3.8) is 0 Å². The number of aliphatic hydroxyl groups is 1. The Morgan fingerprint density at radius 2 is 1.78 bits per heavy atom. The molecule has 1 aliphatic rings. The van der Waals surface area contributed by atoms with Crippen LogP contribution in [0.15, 0.2) is 42.5 Å². The molecule has 2 aromatic rings. The average Bonchev–Trinajstić information content (AvgIpc) is 2.85. The van der Waals surface area contributed by atoms with Crippen LogP contribution in [0.2, 0.25) is 0 Å². The third kappa shape index (κ3) is 1.95. The van der Waals surface area contributed by atoms with Gasteiger partial charge in [-0.3, -0.25) is 0 Å². The van der Waals surface area contributed by atoms with Gasteiger partial charge in [-0.2, -0.15) is 0 Å². The molecule has 0 saturated heterocycles. The lowest BCUT2D eigenvalue weighted by molar-refractivity contribution is 0.219. The van der Waals surface area contributed by atoms with Crippen LogP contribution in [-0.2, 0) is 12.8 Å². The third-order valence-corrected chi connectivity index (χ3v) is 3.92. The minimum Gasteiger partial charge on any atom is -0.384 e. The number of fused-ring (bicyclic) bond motifs is 1. The van der Waals surface area contributed by atoms with E-state index in [1.54, 1.807) is 0 Å². The summed E-state index contributed by atoms with van der Waals surface area (Å²) in [7, 11) is 0. The van der Waals surface area contributed by atoms with Crippen LogP contribution in [0.3, 0.4) is 0 Å². The van der Waals surface area contributed by atoms with E-state index in [9.17, 15) is 5.11 Å². The second-order valence-corrected chi connectivity index (χ2v) is 5.14. The molecule has 0 radical (unpaired) electrons. The van der Waals surface area contributed by atoms with E-state index in [1.807, 2.05) is 31.2 Å². The molecule has 1 heteroatoms. The smallest absolute Gasteiger partial charge is 0.104 e. The topological polar surface area (TPSA) is 20.2 Å². The van der Waals surface area contributed by atoms with E-state index in [0.29, 0.717) is 0 Å². The number of benzene rings is 2. The maximum Gasteiger partial charge on any atom is 0.104 e. The fraction of sp³-hybridized carbons (Fsp3) is 0.294. The van der Waals surface area contributed by atoms with Crippen molar-refractivity contribution >= 4 is 0 Å². The molecule has 1 nitrogen and oxygen atoms in total. The Bertz CT molecular complexity index is 572. The van der Waals surface area contributed by atoms with E-state index in [0.717, 1.165) is 23.1 Å². The van der Waals surface area contributed by atoms with Crippen molar-refractivity contribution < 1.29 is 5.11 Å². The third-order valence-electron chi connectivity index (χ3n) is 3.92. The zero-order chi connectivity index (χ0) is 12.5. The molecule has 1 N–H and O–H groups in total. The Morgan fingerprint density at radius 1 is 1.00 bits per heavy atom. The summed E-state index contributed by atoms with van der Waals surface area (Å²) in [5.74, 6) is 0.